The van der Waals surface area contributed by atoms with Crippen LogP contribution in [0.5, 0.6) is 0 Å². The third-order valence-electron chi connectivity index (χ3n) is 8.21. The molecule has 0 amide bonds. The minimum atomic E-state index is 0.494. The van der Waals surface area contributed by atoms with Gasteiger partial charge >= 0.3 is 0 Å². The quantitative estimate of drug-likeness (QED) is 0.153. The second-order valence-corrected chi connectivity index (χ2v) is 11.9. The topological polar surface area (TPSA) is 120 Å². The number of aromatic nitrogens is 9. The summed E-state index contributed by atoms with van der Waals surface area (Å²) in [6, 6.07) is 42.6. The van der Waals surface area contributed by atoms with E-state index < -0.39 is 0 Å². The summed E-state index contributed by atoms with van der Waals surface area (Å²) in [5.41, 5.74) is 6.21. The van der Waals surface area contributed by atoms with E-state index in [4.69, 9.17) is 36.5 Å². The minimum absolute atomic E-state index is 0.494. The SMILES string of the molecule is [C-]#[N+]c1ccc(-c2nc(-c3ccccc3)nc(-c3cccc(-c4nc(-c5ccccc5)nc(-c5cccc(-c6nc(C)nc(C)n6)c5)n4)c3)n2)cc1. The molecular formula is C42H28N10. The Hall–Kier alpha value is -7.38. The Kier molecular flexibility index (Phi) is 8.49. The normalized spacial score (nSPS) is 10.9. The van der Waals surface area contributed by atoms with Crippen LogP contribution in [0.1, 0.15) is 11.6 Å². The summed E-state index contributed by atoms with van der Waals surface area (Å²) in [5.74, 6) is 4.98. The van der Waals surface area contributed by atoms with Crippen LogP contribution >= 0.6 is 0 Å². The molecule has 246 valence electrons. The first kappa shape index (κ1) is 31.9. The van der Waals surface area contributed by atoms with Gasteiger partial charge in [0.2, 0.25) is 0 Å². The van der Waals surface area contributed by atoms with E-state index in [1.165, 1.54) is 0 Å². The van der Waals surface area contributed by atoms with E-state index in [1.807, 2.05) is 135 Å². The van der Waals surface area contributed by atoms with Crippen LogP contribution in [0.25, 0.3) is 84.6 Å². The Morgan fingerprint density at radius 2 is 0.635 bits per heavy atom. The molecular weight excluding hydrogens is 645 g/mol. The van der Waals surface area contributed by atoms with Crippen molar-refractivity contribution in [1.29, 1.82) is 0 Å². The predicted octanol–water partition coefficient (Wildman–Crippen LogP) is 9.08. The maximum absolute atomic E-state index is 7.35. The Morgan fingerprint density at radius 3 is 1.00 bits per heavy atom. The predicted molar refractivity (Wildman–Crippen MR) is 200 cm³/mol. The van der Waals surface area contributed by atoms with Gasteiger partial charge in [-0.15, -0.1) is 0 Å². The second kappa shape index (κ2) is 13.9. The molecule has 0 bridgehead atoms. The van der Waals surface area contributed by atoms with Gasteiger partial charge in [0.15, 0.2) is 46.5 Å². The van der Waals surface area contributed by atoms with E-state index in [1.54, 1.807) is 12.1 Å². The lowest BCUT2D eigenvalue weighted by Gasteiger charge is -2.11. The van der Waals surface area contributed by atoms with Crippen LogP contribution < -0.4 is 0 Å². The monoisotopic (exact) mass is 672 g/mol. The molecule has 3 aromatic heterocycles. The van der Waals surface area contributed by atoms with Gasteiger partial charge in [-0.25, -0.2) is 49.7 Å². The molecule has 10 heteroatoms. The summed E-state index contributed by atoms with van der Waals surface area (Å²) in [4.78, 5) is 46.5. The van der Waals surface area contributed by atoms with Crippen molar-refractivity contribution in [2.75, 3.05) is 0 Å². The zero-order chi connectivity index (χ0) is 35.4. The number of aryl methyl sites for hydroxylation is 2. The highest BCUT2D eigenvalue weighted by molar-refractivity contribution is 5.73. The average molecular weight is 673 g/mol. The van der Waals surface area contributed by atoms with Crippen LogP contribution in [0.3, 0.4) is 0 Å². The van der Waals surface area contributed by atoms with E-state index in [-0.39, 0.29) is 0 Å². The highest BCUT2D eigenvalue weighted by Crippen LogP contribution is 2.31. The van der Waals surface area contributed by atoms with Gasteiger partial charge in [0, 0.05) is 38.9 Å². The molecule has 3 heterocycles. The third kappa shape index (κ3) is 6.75. The molecule has 8 aromatic rings. The van der Waals surface area contributed by atoms with Crippen LogP contribution in [0.2, 0.25) is 0 Å². The largest absolute Gasteiger partial charge is 0.238 e. The van der Waals surface area contributed by atoms with Crippen LogP contribution in [0.4, 0.5) is 5.69 Å². The van der Waals surface area contributed by atoms with Crippen LogP contribution in [-0.2, 0) is 0 Å². The highest BCUT2D eigenvalue weighted by atomic mass is 15.1. The molecule has 0 aliphatic heterocycles. The van der Waals surface area contributed by atoms with Crippen molar-refractivity contribution >= 4 is 5.69 Å². The smallest absolute Gasteiger partial charge is 0.187 e. The summed E-state index contributed by atoms with van der Waals surface area (Å²) in [6.07, 6.45) is 0. The molecule has 0 saturated carbocycles. The van der Waals surface area contributed by atoms with Gasteiger partial charge in [-0.2, -0.15) is 0 Å². The fraction of sp³-hybridized carbons (Fsp3) is 0.0476. The maximum Gasteiger partial charge on any atom is 0.187 e. The molecule has 0 saturated heterocycles. The van der Waals surface area contributed by atoms with E-state index in [2.05, 4.69) is 19.8 Å². The van der Waals surface area contributed by atoms with Crippen molar-refractivity contribution in [3.63, 3.8) is 0 Å². The maximum atomic E-state index is 7.35. The molecule has 10 nitrogen and oxygen atoms in total. The Morgan fingerprint density at radius 1 is 0.327 bits per heavy atom. The fourth-order valence-corrected chi connectivity index (χ4v) is 5.73. The van der Waals surface area contributed by atoms with Gasteiger partial charge in [0.25, 0.3) is 0 Å². The van der Waals surface area contributed by atoms with Gasteiger partial charge in [0.1, 0.15) is 11.6 Å². The number of nitrogens with zero attached hydrogens (tertiary/aromatic N) is 10. The summed E-state index contributed by atoms with van der Waals surface area (Å²) >= 11 is 0. The van der Waals surface area contributed by atoms with E-state index in [9.17, 15) is 0 Å². The third-order valence-corrected chi connectivity index (χ3v) is 8.21. The molecule has 0 aliphatic rings. The van der Waals surface area contributed by atoms with Crippen molar-refractivity contribution in [3.05, 3.63) is 157 Å². The fourth-order valence-electron chi connectivity index (χ4n) is 5.73. The standard InChI is InChI=1S/C42H28N10/c1-26-44-27(2)46-39(45-26)31-16-10-17-32(24-31)41-49-37(29-14-8-5-9-15-29)50-42(52-41)34-19-11-18-33(25-34)40-48-36(28-12-6-4-7-13-28)47-38(51-40)30-20-22-35(43-3)23-21-30/h4-25H,1-2H3. The van der Waals surface area contributed by atoms with Crippen LogP contribution in [-0.4, -0.2) is 44.9 Å². The summed E-state index contributed by atoms with van der Waals surface area (Å²) in [6.45, 7) is 11.1. The average Bonchev–Trinajstić information content (AvgIpc) is 3.21. The number of rotatable bonds is 7. The Balaban J connectivity index is 1.25. The molecule has 0 fully saturated rings. The molecule has 0 aliphatic carbocycles. The lowest BCUT2D eigenvalue weighted by atomic mass is 10.1. The molecule has 0 spiro atoms. The zero-order valence-corrected chi connectivity index (χ0v) is 28.2. The van der Waals surface area contributed by atoms with Gasteiger partial charge in [-0.05, 0) is 26.0 Å². The first-order chi connectivity index (χ1) is 25.5. The van der Waals surface area contributed by atoms with Crippen molar-refractivity contribution in [2.45, 2.75) is 13.8 Å². The van der Waals surface area contributed by atoms with E-state index in [0.29, 0.717) is 58.1 Å². The lowest BCUT2D eigenvalue weighted by Crippen LogP contribution is -2.02. The van der Waals surface area contributed by atoms with E-state index >= 15 is 0 Å². The van der Waals surface area contributed by atoms with Gasteiger partial charge in [-0.3, -0.25) is 0 Å². The van der Waals surface area contributed by atoms with Crippen molar-refractivity contribution in [2.24, 2.45) is 0 Å². The molecule has 0 atom stereocenters. The second-order valence-electron chi connectivity index (χ2n) is 11.9. The van der Waals surface area contributed by atoms with Crippen molar-refractivity contribution in [3.8, 4) is 79.7 Å². The minimum Gasteiger partial charge on any atom is -0.238 e. The molecule has 5 aromatic carbocycles. The summed E-state index contributed by atoms with van der Waals surface area (Å²) in [5, 5.41) is 0. The lowest BCUT2D eigenvalue weighted by molar-refractivity contribution is 0.928. The van der Waals surface area contributed by atoms with Crippen LogP contribution in [0.15, 0.2) is 133 Å². The summed E-state index contributed by atoms with van der Waals surface area (Å²) < 4.78 is 0. The zero-order valence-electron chi connectivity index (χ0n) is 28.2. The first-order valence-corrected chi connectivity index (χ1v) is 16.5. The molecule has 52 heavy (non-hydrogen) atoms. The van der Waals surface area contributed by atoms with Gasteiger partial charge in [0.05, 0.1) is 6.57 Å². The van der Waals surface area contributed by atoms with Gasteiger partial charge < -0.3 is 0 Å². The van der Waals surface area contributed by atoms with Crippen LogP contribution in [0, 0.1) is 20.4 Å². The molecule has 0 N–H and O–H groups in total. The molecule has 0 radical (unpaired) electrons. The number of hydrogen-bond donors (Lipinski definition) is 0. The van der Waals surface area contributed by atoms with E-state index in [0.717, 1.165) is 38.9 Å². The number of benzene rings is 5. The van der Waals surface area contributed by atoms with Crippen molar-refractivity contribution in [1.82, 2.24) is 44.9 Å². The Labute approximate surface area is 300 Å². The number of hydrogen-bond acceptors (Lipinski definition) is 9. The first-order valence-electron chi connectivity index (χ1n) is 16.5. The highest BCUT2D eigenvalue weighted by Gasteiger charge is 2.17. The molecule has 0 unspecified atom stereocenters. The summed E-state index contributed by atoms with van der Waals surface area (Å²) in [7, 11) is 0. The Bertz CT molecular complexity index is 2580. The molecule has 8 rings (SSSR count). The van der Waals surface area contributed by atoms with Gasteiger partial charge in [-0.1, -0.05) is 121 Å². The van der Waals surface area contributed by atoms with Crippen molar-refractivity contribution < 1.29 is 0 Å².